The monoisotopic (exact) mass is 361 g/mol. The van der Waals surface area contributed by atoms with Crippen molar-refractivity contribution in [3.8, 4) is 5.75 Å². The Morgan fingerprint density at radius 1 is 1.23 bits per heavy atom. The fourth-order valence-corrected chi connectivity index (χ4v) is 6.04. The van der Waals surface area contributed by atoms with Crippen LogP contribution < -0.4 is 10.5 Å². The highest BCUT2D eigenvalue weighted by Gasteiger charge is 2.51. The molecule has 0 radical (unpaired) electrons. The van der Waals surface area contributed by atoms with Gasteiger partial charge < -0.3 is 15.6 Å². The first-order valence-electron chi connectivity index (χ1n) is 9.64. The highest BCUT2D eigenvalue weighted by atomic mass is 19.1. The molecule has 0 spiro atoms. The van der Waals surface area contributed by atoms with Gasteiger partial charge >= 0.3 is 0 Å². The Balaban J connectivity index is 1.60. The van der Waals surface area contributed by atoms with Gasteiger partial charge in [-0.1, -0.05) is 0 Å². The smallest absolute Gasteiger partial charge is 0.251 e. The van der Waals surface area contributed by atoms with Crippen LogP contribution in [-0.2, 0) is 5.60 Å². The van der Waals surface area contributed by atoms with E-state index in [1.807, 2.05) is 0 Å². The molecule has 0 aliphatic heterocycles. The number of carbonyl (C=O) groups is 1. The molecule has 0 unspecified atom stereocenters. The molecule has 0 atom stereocenters. The minimum Gasteiger partial charge on any atom is -0.493 e. The SMILES string of the molecule is CC(C)(O)c1cc(C(N)=O)c(F)cc1OCC12CC3CC(CC(C3)C1)C2. The Labute approximate surface area is 153 Å². The van der Waals surface area contributed by atoms with Crippen LogP contribution in [-0.4, -0.2) is 17.6 Å². The van der Waals surface area contributed by atoms with Crippen molar-refractivity contribution in [3.05, 3.63) is 29.1 Å². The van der Waals surface area contributed by atoms with Crippen LogP contribution in [0.25, 0.3) is 0 Å². The van der Waals surface area contributed by atoms with Crippen LogP contribution in [0, 0.1) is 29.0 Å². The van der Waals surface area contributed by atoms with Crippen LogP contribution in [0.1, 0.15) is 68.3 Å². The second-order valence-electron chi connectivity index (χ2n) is 9.46. The van der Waals surface area contributed by atoms with Gasteiger partial charge in [0.2, 0.25) is 0 Å². The standard InChI is InChI=1S/C21H28FNO3/c1-20(2,25)16-6-15(19(23)24)17(22)7-18(16)26-11-21-8-12-3-13(9-21)5-14(4-12)10-21/h6-7,12-14,25H,3-5,8-11H2,1-2H3,(H2,23,24). The van der Waals surface area contributed by atoms with Gasteiger partial charge in [0.25, 0.3) is 5.91 Å². The summed E-state index contributed by atoms with van der Waals surface area (Å²) < 4.78 is 20.4. The van der Waals surface area contributed by atoms with Crippen LogP contribution >= 0.6 is 0 Å². The molecule has 4 saturated carbocycles. The highest BCUT2D eigenvalue weighted by molar-refractivity contribution is 5.93. The molecule has 3 N–H and O–H groups in total. The Kier molecular flexibility index (Phi) is 4.07. The lowest BCUT2D eigenvalue weighted by molar-refractivity contribution is -0.0752. The fourth-order valence-electron chi connectivity index (χ4n) is 6.04. The summed E-state index contributed by atoms with van der Waals surface area (Å²) in [7, 11) is 0. The van der Waals surface area contributed by atoms with E-state index in [0.717, 1.165) is 17.8 Å². The number of primary amides is 1. The summed E-state index contributed by atoms with van der Waals surface area (Å²) >= 11 is 0. The zero-order chi connectivity index (χ0) is 18.7. The number of hydrogen-bond acceptors (Lipinski definition) is 3. The second-order valence-corrected chi connectivity index (χ2v) is 9.46. The molecule has 26 heavy (non-hydrogen) atoms. The Bertz CT molecular complexity index is 702. The topological polar surface area (TPSA) is 72.5 Å². The van der Waals surface area contributed by atoms with Crippen molar-refractivity contribution in [3.63, 3.8) is 0 Å². The third kappa shape index (κ3) is 3.11. The first-order chi connectivity index (χ1) is 12.2. The molecule has 4 bridgehead atoms. The van der Waals surface area contributed by atoms with Crippen molar-refractivity contribution in [2.45, 2.75) is 58.0 Å². The van der Waals surface area contributed by atoms with Crippen LogP contribution in [0.4, 0.5) is 4.39 Å². The van der Waals surface area contributed by atoms with E-state index in [-0.39, 0.29) is 11.0 Å². The first kappa shape index (κ1) is 17.8. The molecule has 4 fully saturated rings. The van der Waals surface area contributed by atoms with Crippen LogP contribution in [0.15, 0.2) is 12.1 Å². The summed E-state index contributed by atoms with van der Waals surface area (Å²) in [6, 6.07) is 2.53. The van der Waals surface area contributed by atoms with Gasteiger partial charge in [0.1, 0.15) is 11.6 Å². The average Bonchev–Trinajstić information content (AvgIpc) is 2.50. The predicted molar refractivity (Wildman–Crippen MR) is 96.3 cm³/mol. The summed E-state index contributed by atoms with van der Waals surface area (Å²) in [4.78, 5) is 11.5. The van der Waals surface area contributed by atoms with Gasteiger partial charge in [-0.25, -0.2) is 4.39 Å². The molecule has 4 aliphatic rings. The van der Waals surface area contributed by atoms with Crippen molar-refractivity contribution < 1.29 is 19.0 Å². The quantitative estimate of drug-likeness (QED) is 0.839. The van der Waals surface area contributed by atoms with Crippen LogP contribution in [0.3, 0.4) is 0 Å². The number of nitrogens with two attached hydrogens (primary N) is 1. The minimum absolute atomic E-state index is 0.185. The summed E-state index contributed by atoms with van der Waals surface area (Å²) in [5, 5.41) is 10.5. The van der Waals surface area contributed by atoms with Gasteiger partial charge in [-0.2, -0.15) is 0 Å². The Morgan fingerprint density at radius 2 is 1.77 bits per heavy atom. The van der Waals surface area contributed by atoms with E-state index in [9.17, 15) is 14.3 Å². The van der Waals surface area contributed by atoms with Crippen molar-refractivity contribution in [2.75, 3.05) is 6.61 Å². The molecule has 1 aromatic carbocycles. The largest absolute Gasteiger partial charge is 0.493 e. The summed E-state index contributed by atoms with van der Waals surface area (Å²) in [6.07, 6.45) is 7.65. The number of amides is 1. The zero-order valence-corrected chi connectivity index (χ0v) is 15.6. The third-order valence-electron chi connectivity index (χ3n) is 6.69. The predicted octanol–water partition coefficient (Wildman–Crippen LogP) is 3.75. The van der Waals surface area contributed by atoms with Gasteiger partial charge in [0, 0.05) is 17.0 Å². The summed E-state index contributed by atoms with van der Waals surface area (Å²) in [5.41, 5.74) is 4.36. The number of aliphatic hydroxyl groups is 1. The van der Waals surface area contributed by atoms with E-state index >= 15 is 0 Å². The lowest BCUT2D eigenvalue weighted by Crippen LogP contribution is -2.48. The number of carbonyl (C=O) groups excluding carboxylic acids is 1. The lowest BCUT2D eigenvalue weighted by atomic mass is 9.50. The number of benzene rings is 1. The molecule has 142 valence electrons. The van der Waals surface area contributed by atoms with Gasteiger partial charge in [-0.3, -0.25) is 4.79 Å². The van der Waals surface area contributed by atoms with Crippen molar-refractivity contribution in [1.82, 2.24) is 0 Å². The maximum absolute atomic E-state index is 14.3. The van der Waals surface area contributed by atoms with E-state index in [1.54, 1.807) is 13.8 Å². The zero-order valence-electron chi connectivity index (χ0n) is 15.6. The Morgan fingerprint density at radius 3 is 2.23 bits per heavy atom. The van der Waals surface area contributed by atoms with E-state index in [4.69, 9.17) is 10.5 Å². The van der Waals surface area contributed by atoms with Crippen molar-refractivity contribution in [1.29, 1.82) is 0 Å². The Hall–Kier alpha value is -1.62. The molecule has 1 aromatic rings. The second kappa shape index (κ2) is 5.95. The van der Waals surface area contributed by atoms with Gasteiger partial charge in [-0.05, 0) is 76.2 Å². The molecule has 0 heterocycles. The molecular weight excluding hydrogens is 333 g/mol. The highest BCUT2D eigenvalue weighted by Crippen LogP contribution is 2.60. The van der Waals surface area contributed by atoms with E-state index in [2.05, 4.69) is 0 Å². The number of hydrogen-bond donors (Lipinski definition) is 2. The van der Waals surface area contributed by atoms with Gasteiger partial charge in [0.05, 0.1) is 17.8 Å². The first-order valence-corrected chi connectivity index (χ1v) is 9.64. The fraction of sp³-hybridized carbons (Fsp3) is 0.667. The van der Waals surface area contributed by atoms with Gasteiger partial charge in [-0.15, -0.1) is 0 Å². The molecular formula is C21H28FNO3. The lowest BCUT2D eigenvalue weighted by Gasteiger charge is -2.56. The van der Waals surface area contributed by atoms with Crippen LogP contribution in [0.2, 0.25) is 0 Å². The molecule has 0 saturated heterocycles. The maximum atomic E-state index is 14.3. The minimum atomic E-state index is -1.26. The molecule has 1 amide bonds. The molecule has 0 aromatic heterocycles. The molecule has 4 aliphatic carbocycles. The number of rotatable bonds is 5. The molecule has 5 heteroatoms. The molecule has 4 nitrogen and oxygen atoms in total. The average molecular weight is 361 g/mol. The summed E-state index contributed by atoms with van der Waals surface area (Å²) in [5.74, 6) is 1.20. The summed E-state index contributed by atoms with van der Waals surface area (Å²) in [6.45, 7) is 3.75. The number of halogens is 1. The normalized spacial score (nSPS) is 32.7. The van der Waals surface area contributed by atoms with E-state index in [1.165, 1.54) is 50.7 Å². The van der Waals surface area contributed by atoms with E-state index in [0.29, 0.717) is 17.9 Å². The van der Waals surface area contributed by atoms with E-state index < -0.39 is 17.3 Å². The van der Waals surface area contributed by atoms with Crippen molar-refractivity contribution >= 4 is 5.91 Å². The third-order valence-corrected chi connectivity index (χ3v) is 6.69. The van der Waals surface area contributed by atoms with Crippen molar-refractivity contribution in [2.24, 2.45) is 28.9 Å². The van der Waals surface area contributed by atoms with Gasteiger partial charge in [0.15, 0.2) is 0 Å². The number of ether oxygens (including phenoxy) is 1. The van der Waals surface area contributed by atoms with Crippen LogP contribution in [0.5, 0.6) is 5.75 Å². The molecule has 5 rings (SSSR count). The maximum Gasteiger partial charge on any atom is 0.251 e.